The Bertz CT molecular complexity index is 1450. The summed E-state index contributed by atoms with van der Waals surface area (Å²) in [7, 11) is 1.58. The fourth-order valence-electron chi connectivity index (χ4n) is 3.52. The number of carbonyl (C=O) groups is 2. The Balaban J connectivity index is 1.67. The van der Waals surface area contributed by atoms with Crippen molar-refractivity contribution >= 4 is 28.3 Å². The monoisotopic (exact) mass is 469 g/mol. The number of aromatic amines is 1. The van der Waals surface area contributed by atoms with Crippen LogP contribution in [0.1, 0.15) is 34.6 Å². The van der Waals surface area contributed by atoms with Gasteiger partial charge < -0.3 is 10.1 Å². The molecule has 0 aliphatic rings. The molecule has 1 atom stereocenters. The molecule has 0 saturated carbocycles. The van der Waals surface area contributed by atoms with Crippen LogP contribution in [0.3, 0.4) is 0 Å². The second-order valence-corrected chi connectivity index (χ2v) is 7.66. The minimum absolute atomic E-state index is 0.194. The van der Waals surface area contributed by atoms with Crippen LogP contribution < -0.4 is 21.0 Å². The van der Waals surface area contributed by atoms with E-state index in [1.165, 1.54) is 0 Å². The number of benzene rings is 3. The molecule has 0 saturated heterocycles. The number of fused-ring (bicyclic) bond motifs is 1. The lowest BCUT2D eigenvalue weighted by molar-refractivity contribution is -0.123. The Morgan fingerprint density at radius 3 is 2.26 bits per heavy atom. The maximum Gasteiger partial charge on any atom is 0.272 e. The fraction of sp³-hybridized carbons (Fsp3) is 0.115. The average molecular weight is 470 g/mol. The number of methoxy groups -OCH3 is 1. The molecule has 0 aliphatic carbocycles. The summed E-state index contributed by atoms with van der Waals surface area (Å²) in [6.45, 7) is 1.74. The molecule has 0 aliphatic heterocycles. The predicted octanol–water partition coefficient (Wildman–Crippen LogP) is 2.94. The minimum atomic E-state index is -1.23. The number of nitrogens with one attached hydrogen (secondary N) is 3. The van der Waals surface area contributed by atoms with E-state index in [1.807, 2.05) is 12.1 Å². The van der Waals surface area contributed by atoms with Crippen LogP contribution in [0.5, 0.6) is 5.75 Å². The summed E-state index contributed by atoms with van der Waals surface area (Å²) in [6, 6.07) is 21.2. The standard InChI is InChI=1S/C26H23N5O4/c1-16(17-12-14-19(35-2)15-13-17)28-31-26(34)23(27-24(32)18-8-4-3-5-9-18)22-20-10-6-7-11-21(20)25(33)30-29-22/h3-15,23H,1-2H3,(H,27,32)(H,30,33)(H,31,34)/b28-16-/t23-/m0/s1. The Labute approximate surface area is 200 Å². The number of ether oxygens (including phenoxy) is 1. The van der Waals surface area contributed by atoms with Crippen molar-refractivity contribution in [2.75, 3.05) is 7.11 Å². The van der Waals surface area contributed by atoms with Crippen LogP contribution in [0.25, 0.3) is 10.8 Å². The molecule has 3 aromatic carbocycles. The van der Waals surface area contributed by atoms with Crippen LogP contribution in [0.4, 0.5) is 0 Å². The summed E-state index contributed by atoms with van der Waals surface area (Å²) in [5.41, 5.74) is 4.01. The van der Waals surface area contributed by atoms with Crippen LogP contribution in [-0.2, 0) is 4.79 Å². The van der Waals surface area contributed by atoms with Gasteiger partial charge in [-0.05, 0) is 55.0 Å². The van der Waals surface area contributed by atoms with E-state index in [2.05, 4.69) is 26.0 Å². The van der Waals surface area contributed by atoms with Gasteiger partial charge >= 0.3 is 0 Å². The first-order valence-corrected chi connectivity index (χ1v) is 10.8. The fourth-order valence-corrected chi connectivity index (χ4v) is 3.52. The van der Waals surface area contributed by atoms with Crippen molar-refractivity contribution in [1.29, 1.82) is 0 Å². The first-order valence-electron chi connectivity index (χ1n) is 10.8. The van der Waals surface area contributed by atoms with E-state index in [1.54, 1.807) is 80.8 Å². The third-order valence-corrected chi connectivity index (χ3v) is 5.41. The van der Waals surface area contributed by atoms with E-state index < -0.39 is 23.4 Å². The van der Waals surface area contributed by atoms with Crippen molar-refractivity contribution in [3.63, 3.8) is 0 Å². The van der Waals surface area contributed by atoms with E-state index in [0.717, 1.165) is 5.56 Å². The van der Waals surface area contributed by atoms with Crippen molar-refractivity contribution in [3.8, 4) is 5.75 Å². The zero-order valence-corrected chi connectivity index (χ0v) is 19.1. The van der Waals surface area contributed by atoms with Crippen LogP contribution in [0, 0.1) is 0 Å². The molecule has 0 radical (unpaired) electrons. The molecule has 0 spiro atoms. The van der Waals surface area contributed by atoms with Gasteiger partial charge in [0.05, 0.1) is 18.2 Å². The van der Waals surface area contributed by atoms with E-state index in [4.69, 9.17) is 4.74 Å². The number of H-pyrrole nitrogens is 1. The lowest BCUT2D eigenvalue weighted by Crippen LogP contribution is -2.40. The van der Waals surface area contributed by atoms with E-state index >= 15 is 0 Å². The third kappa shape index (κ3) is 5.25. The molecule has 1 heterocycles. The molecule has 3 N–H and O–H groups in total. The van der Waals surface area contributed by atoms with Crippen LogP contribution in [0.2, 0.25) is 0 Å². The van der Waals surface area contributed by atoms with Gasteiger partial charge in [0.1, 0.15) is 11.4 Å². The number of hydrogen-bond acceptors (Lipinski definition) is 6. The van der Waals surface area contributed by atoms with Gasteiger partial charge in [-0.15, -0.1) is 0 Å². The highest BCUT2D eigenvalue weighted by Crippen LogP contribution is 2.20. The molecule has 9 heteroatoms. The quantitative estimate of drug-likeness (QED) is 0.283. The Morgan fingerprint density at radius 2 is 1.57 bits per heavy atom. The number of rotatable bonds is 7. The van der Waals surface area contributed by atoms with Crippen LogP contribution in [0.15, 0.2) is 88.8 Å². The topological polar surface area (TPSA) is 126 Å². The highest BCUT2D eigenvalue weighted by Gasteiger charge is 2.27. The second kappa shape index (κ2) is 10.4. The molecule has 0 bridgehead atoms. The predicted molar refractivity (Wildman–Crippen MR) is 132 cm³/mol. The Morgan fingerprint density at radius 1 is 0.914 bits per heavy atom. The molecule has 9 nitrogen and oxygen atoms in total. The van der Waals surface area contributed by atoms with Crippen molar-refractivity contribution in [2.45, 2.75) is 13.0 Å². The number of nitrogens with zero attached hydrogens (tertiary/aromatic N) is 2. The lowest BCUT2D eigenvalue weighted by atomic mass is 10.0. The number of aromatic nitrogens is 2. The summed E-state index contributed by atoms with van der Waals surface area (Å²) >= 11 is 0. The molecular formula is C26H23N5O4. The van der Waals surface area contributed by atoms with Crippen molar-refractivity contribution in [3.05, 3.63) is 106 Å². The van der Waals surface area contributed by atoms with Gasteiger partial charge in [0.15, 0.2) is 6.04 Å². The highest BCUT2D eigenvalue weighted by molar-refractivity contribution is 6.01. The van der Waals surface area contributed by atoms with E-state index in [9.17, 15) is 14.4 Å². The normalized spacial score (nSPS) is 12.1. The summed E-state index contributed by atoms with van der Waals surface area (Å²) in [5.74, 6) is -0.393. The van der Waals surface area contributed by atoms with Crippen LogP contribution >= 0.6 is 0 Å². The first kappa shape index (κ1) is 23.4. The number of amides is 2. The van der Waals surface area contributed by atoms with Gasteiger partial charge in [0.2, 0.25) is 0 Å². The molecular weight excluding hydrogens is 446 g/mol. The van der Waals surface area contributed by atoms with Crippen molar-refractivity contribution in [2.24, 2.45) is 5.10 Å². The van der Waals surface area contributed by atoms with Gasteiger partial charge in [-0.3, -0.25) is 14.4 Å². The Kier molecular flexibility index (Phi) is 6.96. The van der Waals surface area contributed by atoms with Gasteiger partial charge in [0, 0.05) is 10.9 Å². The zero-order valence-electron chi connectivity index (χ0n) is 19.1. The lowest BCUT2D eigenvalue weighted by Gasteiger charge is -2.18. The van der Waals surface area contributed by atoms with Gasteiger partial charge in [0.25, 0.3) is 17.4 Å². The van der Waals surface area contributed by atoms with Gasteiger partial charge in [-0.25, -0.2) is 10.5 Å². The molecule has 0 fully saturated rings. The van der Waals surface area contributed by atoms with Gasteiger partial charge in [-0.2, -0.15) is 10.2 Å². The SMILES string of the molecule is COc1ccc(/C(C)=N\NC(=O)[C@@H](NC(=O)c2ccccc2)c2n[nH]c(=O)c3ccccc23)cc1. The molecule has 1 aromatic heterocycles. The maximum absolute atomic E-state index is 13.3. The first-order chi connectivity index (χ1) is 17.0. The number of carbonyl (C=O) groups excluding carboxylic acids is 2. The van der Waals surface area contributed by atoms with E-state index in [-0.39, 0.29) is 5.69 Å². The summed E-state index contributed by atoms with van der Waals surface area (Å²) < 4.78 is 5.16. The zero-order chi connectivity index (χ0) is 24.8. The maximum atomic E-state index is 13.3. The molecule has 2 amide bonds. The van der Waals surface area contributed by atoms with Crippen molar-refractivity contribution < 1.29 is 14.3 Å². The largest absolute Gasteiger partial charge is 0.497 e. The molecule has 4 rings (SSSR count). The van der Waals surface area contributed by atoms with E-state index in [0.29, 0.717) is 27.8 Å². The molecule has 35 heavy (non-hydrogen) atoms. The molecule has 4 aromatic rings. The summed E-state index contributed by atoms with van der Waals surface area (Å²) in [6.07, 6.45) is 0. The minimum Gasteiger partial charge on any atom is -0.497 e. The third-order valence-electron chi connectivity index (χ3n) is 5.41. The summed E-state index contributed by atoms with van der Waals surface area (Å²) in [4.78, 5) is 38.5. The second-order valence-electron chi connectivity index (χ2n) is 7.66. The highest BCUT2D eigenvalue weighted by atomic mass is 16.5. The smallest absolute Gasteiger partial charge is 0.272 e. The molecule has 0 unspecified atom stereocenters. The Hall–Kier alpha value is -4.79. The van der Waals surface area contributed by atoms with Crippen LogP contribution in [-0.4, -0.2) is 34.8 Å². The van der Waals surface area contributed by atoms with Crippen molar-refractivity contribution in [1.82, 2.24) is 20.9 Å². The summed E-state index contributed by atoms with van der Waals surface area (Å²) in [5, 5.41) is 14.2. The van der Waals surface area contributed by atoms with Gasteiger partial charge in [-0.1, -0.05) is 36.4 Å². The number of hydrogen-bond donors (Lipinski definition) is 3. The number of hydrazone groups is 1. The average Bonchev–Trinajstić information content (AvgIpc) is 2.91. The molecule has 176 valence electrons.